The Labute approximate surface area is 186 Å². The van der Waals surface area contributed by atoms with Gasteiger partial charge in [0.2, 0.25) is 0 Å². The standard InChI is InChI=1S/C19H15ClF3N7OS/c1-10(15-17(27-6-5-26-15)14-9-24-3-4-25-14)28-18-12-7-11(19(21,22)23)8-13(20)16(12)29-32(2,31)30-18/h3-10H,1-2H3,(H,28,29,30,31)/t10-,32?/m0/s1. The maximum Gasteiger partial charge on any atom is 0.416 e. The summed E-state index contributed by atoms with van der Waals surface area (Å²) in [4.78, 5) is 21.3. The van der Waals surface area contributed by atoms with E-state index in [2.05, 4.69) is 34.0 Å². The lowest BCUT2D eigenvalue weighted by atomic mass is 10.1. The number of benzene rings is 1. The average Bonchev–Trinajstić information content (AvgIpc) is 2.73. The highest BCUT2D eigenvalue weighted by Gasteiger charge is 2.34. The van der Waals surface area contributed by atoms with Gasteiger partial charge in [0.1, 0.15) is 32.8 Å². The molecule has 4 rings (SSSR count). The van der Waals surface area contributed by atoms with Crippen molar-refractivity contribution in [1.29, 1.82) is 0 Å². The number of alkyl halides is 3. The zero-order chi connectivity index (χ0) is 23.1. The molecule has 3 aromatic rings. The van der Waals surface area contributed by atoms with Crippen molar-refractivity contribution in [1.82, 2.24) is 24.7 Å². The summed E-state index contributed by atoms with van der Waals surface area (Å²) in [5.74, 6) is -0.0428. The molecule has 166 valence electrons. The monoisotopic (exact) mass is 481 g/mol. The minimum absolute atomic E-state index is 0.0116. The van der Waals surface area contributed by atoms with E-state index in [9.17, 15) is 17.4 Å². The molecule has 2 aromatic heterocycles. The minimum Gasteiger partial charge on any atom is -0.283 e. The van der Waals surface area contributed by atoms with Gasteiger partial charge < -0.3 is 0 Å². The minimum atomic E-state index is -4.63. The lowest BCUT2D eigenvalue weighted by Gasteiger charge is -2.22. The van der Waals surface area contributed by atoms with Crippen molar-refractivity contribution in [3.63, 3.8) is 0 Å². The van der Waals surface area contributed by atoms with Crippen LogP contribution in [0.3, 0.4) is 0 Å². The largest absolute Gasteiger partial charge is 0.416 e. The molecule has 0 fully saturated rings. The highest BCUT2D eigenvalue weighted by molar-refractivity contribution is 7.91. The molecule has 0 bridgehead atoms. The van der Waals surface area contributed by atoms with Gasteiger partial charge >= 0.3 is 6.18 Å². The Bertz CT molecular complexity index is 1340. The van der Waals surface area contributed by atoms with Crippen LogP contribution in [0.25, 0.3) is 11.4 Å². The van der Waals surface area contributed by atoms with Gasteiger partial charge in [-0.1, -0.05) is 11.6 Å². The topological polar surface area (TPSA) is 105 Å². The van der Waals surface area contributed by atoms with Gasteiger partial charge in [-0.2, -0.15) is 17.5 Å². The second kappa shape index (κ2) is 8.10. The third kappa shape index (κ3) is 4.41. The Kier molecular flexibility index (Phi) is 5.59. The first-order valence-corrected chi connectivity index (χ1v) is 11.4. The summed E-state index contributed by atoms with van der Waals surface area (Å²) < 4.78 is 59.4. The molecule has 0 spiro atoms. The van der Waals surface area contributed by atoms with Crippen molar-refractivity contribution in [2.45, 2.75) is 19.1 Å². The molecular formula is C19H15ClF3N7OS. The molecule has 1 aliphatic rings. The third-order valence-electron chi connectivity index (χ3n) is 4.45. The first-order chi connectivity index (χ1) is 15.0. The molecule has 32 heavy (non-hydrogen) atoms. The quantitative estimate of drug-likeness (QED) is 0.598. The number of hydrogen-bond donors (Lipinski definition) is 1. The average molecular weight is 482 g/mol. The van der Waals surface area contributed by atoms with E-state index in [0.717, 1.165) is 12.1 Å². The van der Waals surface area contributed by atoms with E-state index >= 15 is 0 Å². The molecule has 0 amide bonds. The lowest BCUT2D eigenvalue weighted by molar-refractivity contribution is -0.137. The van der Waals surface area contributed by atoms with Crippen LogP contribution < -0.4 is 4.72 Å². The summed E-state index contributed by atoms with van der Waals surface area (Å²) in [5, 5.41) is -0.272. The molecule has 2 atom stereocenters. The van der Waals surface area contributed by atoms with Gasteiger partial charge in [0.05, 0.1) is 28.5 Å². The molecule has 0 aliphatic carbocycles. The second-order valence-corrected chi connectivity index (χ2v) is 9.28. The fourth-order valence-electron chi connectivity index (χ4n) is 3.09. The molecule has 1 aromatic carbocycles. The molecule has 8 nitrogen and oxygen atoms in total. The summed E-state index contributed by atoms with van der Waals surface area (Å²) >= 11 is 6.07. The van der Waals surface area contributed by atoms with Gasteiger partial charge in [-0.3, -0.25) is 29.7 Å². The molecular weight excluding hydrogens is 467 g/mol. The molecule has 0 radical (unpaired) electrons. The van der Waals surface area contributed by atoms with E-state index < -0.39 is 27.7 Å². The predicted octanol–water partition coefficient (Wildman–Crippen LogP) is 4.36. The van der Waals surface area contributed by atoms with Crippen LogP contribution in [-0.4, -0.2) is 36.2 Å². The van der Waals surface area contributed by atoms with Gasteiger partial charge in [0.25, 0.3) is 0 Å². The van der Waals surface area contributed by atoms with Crippen LogP contribution >= 0.6 is 11.6 Å². The molecule has 1 aliphatic heterocycles. The van der Waals surface area contributed by atoms with Crippen LogP contribution in [0.5, 0.6) is 0 Å². The zero-order valence-electron chi connectivity index (χ0n) is 16.6. The number of nitrogens with zero attached hydrogens (tertiary/aromatic N) is 6. The number of aromatic nitrogens is 4. The van der Waals surface area contributed by atoms with Crippen LogP contribution in [0, 0.1) is 0 Å². The van der Waals surface area contributed by atoms with Crippen molar-refractivity contribution in [3.8, 4) is 11.4 Å². The van der Waals surface area contributed by atoms with Gasteiger partial charge in [-0.15, -0.1) is 0 Å². The molecule has 0 saturated carbocycles. The predicted molar refractivity (Wildman–Crippen MR) is 114 cm³/mol. The molecule has 3 heterocycles. The van der Waals surface area contributed by atoms with E-state index in [4.69, 9.17) is 11.6 Å². The van der Waals surface area contributed by atoms with Crippen LogP contribution in [-0.2, 0) is 16.1 Å². The molecule has 0 saturated heterocycles. The SMILES string of the molecule is C[C@H](N=C1NS(C)(=O)=Nc2c(Cl)cc(C(F)(F)F)cc21)c1nccnc1-c1cnccn1. The summed E-state index contributed by atoms with van der Waals surface area (Å²) in [6.07, 6.45) is 4.13. The van der Waals surface area contributed by atoms with E-state index in [0.29, 0.717) is 17.1 Å². The lowest BCUT2D eigenvalue weighted by Crippen LogP contribution is -2.33. The van der Waals surface area contributed by atoms with Gasteiger partial charge in [-0.05, 0) is 19.1 Å². The summed E-state index contributed by atoms with van der Waals surface area (Å²) in [6.45, 7) is 1.68. The van der Waals surface area contributed by atoms with E-state index in [-0.39, 0.29) is 22.1 Å². The normalized spacial score (nSPS) is 20.2. The van der Waals surface area contributed by atoms with E-state index in [1.807, 2.05) is 0 Å². The van der Waals surface area contributed by atoms with Crippen LogP contribution in [0.1, 0.15) is 29.8 Å². The van der Waals surface area contributed by atoms with Crippen LogP contribution in [0.2, 0.25) is 5.02 Å². The smallest absolute Gasteiger partial charge is 0.283 e. The van der Waals surface area contributed by atoms with Gasteiger partial charge in [0, 0.05) is 36.6 Å². The van der Waals surface area contributed by atoms with E-state index in [1.165, 1.54) is 37.2 Å². The Balaban J connectivity index is 1.86. The number of hydrogen-bond acceptors (Lipinski definition) is 7. The van der Waals surface area contributed by atoms with Crippen molar-refractivity contribution in [2.75, 3.05) is 6.26 Å². The number of fused-ring (bicyclic) bond motifs is 1. The first-order valence-electron chi connectivity index (χ1n) is 9.11. The fraction of sp³-hybridized carbons (Fsp3) is 0.211. The number of nitrogens with one attached hydrogen (secondary N) is 1. The fourth-order valence-corrected chi connectivity index (χ4v) is 4.52. The number of rotatable bonds is 3. The van der Waals surface area contributed by atoms with Crippen molar-refractivity contribution in [3.05, 3.63) is 65.0 Å². The Hall–Kier alpha value is -3.12. The van der Waals surface area contributed by atoms with Crippen molar-refractivity contribution >= 4 is 33.0 Å². The van der Waals surface area contributed by atoms with Crippen molar-refractivity contribution < 1.29 is 17.4 Å². The number of halogens is 4. The Morgan fingerprint density at radius 2 is 1.84 bits per heavy atom. The van der Waals surface area contributed by atoms with Crippen molar-refractivity contribution in [2.24, 2.45) is 9.36 Å². The van der Waals surface area contributed by atoms with Gasteiger partial charge in [-0.25, -0.2) is 4.21 Å². The number of amidine groups is 1. The second-order valence-electron chi connectivity index (χ2n) is 6.88. The summed E-state index contributed by atoms with van der Waals surface area (Å²) in [6, 6.07) is 0.927. The molecule has 1 N–H and O–H groups in total. The third-order valence-corrected chi connectivity index (χ3v) is 5.84. The maximum absolute atomic E-state index is 13.3. The number of aliphatic imine (C=N–C) groups is 1. The van der Waals surface area contributed by atoms with E-state index in [1.54, 1.807) is 6.92 Å². The molecule has 13 heteroatoms. The first kappa shape index (κ1) is 22.1. The van der Waals surface area contributed by atoms with Crippen LogP contribution in [0.15, 0.2) is 52.5 Å². The maximum atomic E-state index is 13.3. The highest BCUT2D eigenvalue weighted by Crippen LogP contribution is 2.40. The zero-order valence-corrected chi connectivity index (χ0v) is 18.2. The summed E-state index contributed by atoms with van der Waals surface area (Å²) in [5.41, 5.74) is 0.274. The molecule has 1 unspecified atom stereocenters. The Morgan fingerprint density at radius 1 is 1.12 bits per heavy atom. The highest BCUT2D eigenvalue weighted by atomic mass is 35.5. The summed E-state index contributed by atoms with van der Waals surface area (Å²) in [7, 11) is -3.04. The van der Waals surface area contributed by atoms with Crippen LogP contribution in [0.4, 0.5) is 18.9 Å². The Morgan fingerprint density at radius 3 is 2.53 bits per heavy atom. The van der Waals surface area contributed by atoms with Gasteiger partial charge in [0.15, 0.2) is 0 Å².